The first-order valence-corrected chi connectivity index (χ1v) is 4.83. The van der Waals surface area contributed by atoms with Crippen molar-refractivity contribution in [1.82, 2.24) is 9.78 Å². The second kappa shape index (κ2) is 4.12. The third-order valence-corrected chi connectivity index (χ3v) is 2.27. The Balaban J connectivity index is 2.33. The van der Waals surface area contributed by atoms with Crippen LogP contribution in [-0.2, 0) is 12.7 Å². The summed E-state index contributed by atoms with van der Waals surface area (Å²) < 4.78 is 39.3. The zero-order chi connectivity index (χ0) is 12.5. The van der Waals surface area contributed by atoms with Gasteiger partial charge in [0.15, 0.2) is 5.75 Å². The average molecular weight is 242 g/mol. The maximum Gasteiger partial charge on any atom is 0.416 e. The molecule has 1 N–H and O–H groups in total. The molecule has 0 fully saturated rings. The van der Waals surface area contributed by atoms with Crippen molar-refractivity contribution in [3.05, 3.63) is 47.8 Å². The first-order chi connectivity index (χ1) is 7.97. The van der Waals surface area contributed by atoms with Crippen LogP contribution in [0.15, 0.2) is 36.7 Å². The SMILES string of the molecule is Oc1cnn(Cc2ccccc2C(F)(F)F)c1. The maximum absolute atomic E-state index is 12.7. The fourth-order valence-electron chi connectivity index (χ4n) is 1.55. The van der Waals surface area contributed by atoms with E-state index in [9.17, 15) is 13.2 Å². The van der Waals surface area contributed by atoms with Crippen molar-refractivity contribution in [2.24, 2.45) is 0 Å². The summed E-state index contributed by atoms with van der Waals surface area (Å²) in [6, 6.07) is 5.29. The molecule has 90 valence electrons. The highest BCUT2D eigenvalue weighted by Gasteiger charge is 2.32. The Bertz CT molecular complexity index is 519. The number of halogens is 3. The number of benzene rings is 1. The van der Waals surface area contributed by atoms with E-state index >= 15 is 0 Å². The Morgan fingerprint density at radius 3 is 2.53 bits per heavy atom. The Morgan fingerprint density at radius 2 is 1.94 bits per heavy atom. The van der Waals surface area contributed by atoms with E-state index < -0.39 is 11.7 Å². The Labute approximate surface area is 95.1 Å². The lowest BCUT2D eigenvalue weighted by molar-refractivity contribution is -0.138. The lowest BCUT2D eigenvalue weighted by Gasteiger charge is -2.12. The molecule has 3 nitrogen and oxygen atoms in total. The maximum atomic E-state index is 12.7. The summed E-state index contributed by atoms with van der Waals surface area (Å²) in [6.07, 6.45) is -1.94. The van der Waals surface area contributed by atoms with Crippen molar-refractivity contribution in [2.75, 3.05) is 0 Å². The number of aromatic hydroxyl groups is 1. The van der Waals surface area contributed by atoms with E-state index in [2.05, 4.69) is 5.10 Å². The van der Waals surface area contributed by atoms with Gasteiger partial charge in [0.2, 0.25) is 0 Å². The van der Waals surface area contributed by atoms with E-state index in [0.29, 0.717) is 0 Å². The summed E-state index contributed by atoms with van der Waals surface area (Å²) in [5, 5.41) is 12.8. The molecular formula is C11H9F3N2O. The standard InChI is InChI=1S/C11H9F3N2O/c12-11(13,14)10-4-2-1-3-8(10)6-16-7-9(17)5-15-16/h1-5,7,17H,6H2. The van der Waals surface area contributed by atoms with Gasteiger partial charge in [-0.15, -0.1) is 0 Å². The second-order valence-electron chi connectivity index (χ2n) is 3.55. The van der Waals surface area contributed by atoms with E-state index in [1.165, 1.54) is 35.3 Å². The largest absolute Gasteiger partial charge is 0.505 e. The van der Waals surface area contributed by atoms with E-state index in [4.69, 9.17) is 5.11 Å². The molecule has 0 aliphatic heterocycles. The number of rotatable bonds is 2. The minimum Gasteiger partial charge on any atom is -0.505 e. The third-order valence-electron chi connectivity index (χ3n) is 2.27. The zero-order valence-corrected chi connectivity index (χ0v) is 8.65. The summed E-state index contributed by atoms with van der Waals surface area (Å²) >= 11 is 0. The second-order valence-corrected chi connectivity index (χ2v) is 3.55. The van der Waals surface area contributed by atoms with Crippen molar-refractivity contribution in [3.8, 4) is 5.75 Å². The molecule has 6 heteroatoms. The lowest BCUT2D eigenvalue weighted by Crippen LogP contribution is -2.11. The van der Waals surface area contributed by atoms with E-state index in [-0.39, 0.29) is 17.9 Å². The van der Waals surface area contributed by atoms with Gasteiger partial charge in [-0.3, -0.25) is 4.68 Å². The number of aromatic nitrogens is 2. The average Bonchev–Trinajstić information content (AvgIpc) is 2.63. The van der Waals surface area contributed by atoms with E-state index in [0.717, 1.165) is 6.07 Å². The number of nitrogens with zero attached hydrogens (tertiary/aromatic N) is 2. The van der Waals surface area contributed by atoms with Gasteiger partial charge >= 0.3 is 6.18 Å². The summed E-state index contributed by atoms with van der Waals surface area (Å²) in [7, 11) is 0. The minimum atomic E-state index is -4.38. The Kier molecular flexibility index (Phi) is 2.79. The molecule has 0 saturated carbocycles. The molecule has 1 aromatic carbocycles. The molecule has 0 amide bonds. The quantitative estimate of drug-likeness (QED) is 0.879. The van der Waals surface area contributed by atoms with Crippen molar-refractivity contribution in [2.45, 2.75) is 12.7 Å². The number of alkyl halides is 3. The minimum absolute atomic E-state index is 0.0315. The van der Waals surface area contributed by atoms with Gasteiger partial charge in [-0.25, -0.2) is 0 Å². The van der Waals surface area contributed by atoms with E-state index in [1.807, 2.05) is 0 Å². The molecule has 0 saturated heterocycles. The molecule has 0 aliphatic rings. The van der Waals surface area contributed by atoms with E-state index in [1.54, 1.807) is 0 Å². The van der Waals surface area contributed by atoms with Gasteiger partial charge in [-0.05, 0) is 11.6 Å². The molecule has 0 spiro atoms. The molecule has 0 unspecified atom stereocenters. The van der Waals surface area contributed by atoms with Crippen LogP contribution >= 0.6 is 0 Å². The van der Waals surface area contributed by atoms with Crippen LogP contribution in [0, 0.1) is 0 Å². The predicted octanol–water partition coefficient (Wildman–Crippen LogP) is 2.66. The van der Waals surface area contributed by atoms with Crippen LogP contribution in [0.25, 0.3) is 0 Å². The molecule has 2 rings (SSSR count). The molecule has 17 heavy (non-hydrogen) atoms. The molecule has 2 aromatic rings. The Morgan fingerprint density at radius 1 is 1.24 bits per heavy atom. The van der Waals surface area contributed by atoms with Crippen molar-refractivity contribution < 1.29 is 18.3 Å². The van der Waals surface area contributed by atoms with Crippen molar-refractivity contribution in [1.29, 1.82) is 0 Å². The fraction of sp³-hybridized carbons (Fsp3) is 0.182. The molecule has 0 radical (unpaired) electrons. The topological polar surface area (TPSA) is 38.1 Å². The fourth-order valence-corrected chi connectivity index (χ4v) is 1.55. The summed E-state index contributed by atoms with van der Waals surface area (Å²) in [4.78, 5) is 0. The van der Waals surface area contributed by atoms with Gasteiger partial charge in [0.25, 0.3) is 0 Å². The van der Waals surface area contributed by atoms with Crippen LogP contribution in [0.5, 0.6) is 5.75 Å². The van der Waals surface area contributed by atoms with Crippen LogP contribution in [0.3, 0.4) is 0 Å². The van der Waals surface area contributed by atoms with Gasteiger partial charge < -0.3 is 5.11 Å². The molecular weight excluding hydrogens is 233 g/mol. The van der Waals surface area contributed by atoms with Gasteiger partial charge in [0, 0.05) is 0 Å². The lowest BCUT2D eigenvalue weighted by atomic mass is 10.1. The van der Waals surface area contributed by atoms with Gasteiger partial charge in [-0.1, -0.05) is 18.2 Å². The van der Waals surface area contributed by atoms with Crippen LogP contribution in [0.1, 0.15) is 11.1 Å². The normalized spacial score (nSPS) is 11.7. The van der Waals surface area contributed by atoms with Crippen LogP contribution in [0.4, 0.5) is 13.2 Å². The molecule has 1 aromatic heterocycles. The zero-order valence-electron chi connectivity index (χ0n) is 8.65. The highest BCUT2D eigenvalue weighted by molar-refractivity contribution is 5.30. The van der Waals surface area contributed by atoms with Crippen molar-refractivity contribution in [3.63, 3.8) is 0 Å². The third kappa shape index (κ3) is 2.58. The number of hydrogen-bond donors (Lipinski definition) is 1. The number of hydrogen-bond acceptors (Lipinski definition) is 2. The molecule has 0 atom stereocenters. The predicted molar refractivity (Wildman–Crippen MR) is 54.4 cm³/mol. The molecule has 0 bridgehead atoms. The van der Waals surface area contributed by atoms with Crippen LogP contribution in [0.2, 0.25) is 0 Å². The Hall–Kier alpha value is -1.98. The summed E-state index contributed by atoms with van der Waals surface area (Å²) in [6.45, 7) is -0.0315. The highest BCUT2D eigenvalue weighted by Crippen LogP contribution is 2.32. The summed E-state index contributed by atoms with van der Waals surface area (Å²) in [5.41, 5.74) is -0.571. The highest BCUT2D eigenvalue weighted by atomic mass is 19.4. The van der Waals surface area contributed by atoms with Crippen molar-refractivity contribution >= 4 is 0 Å². The van der Waals surface area contributed by atoms with Crippen LogP contribution < -0.4 is 0 Å². The van der Waals surface area contributed by atoms with Crippen LogP contribution in [-0.4, -0.2) is 14.9 Å². The van der Waals surface area contributed by atoms with Gasteiger partial charge in [0.05, 0.1) is 24.5 Å². The first kappa shape index (κ1) is 11.5. The molecule has 1 heterocycles. The summed E-state index contributed by atoms with van der Waals surface area (Å²) in [5.74, 6) is -0.0745. The van der Waals surface area contributed by atoms with Gasteiger partial charge in [-0.2, -0.15) is 18.3 Å². The molecule has 0 aliphatic carbocycles. The first-order valence-electron chi connectivity index (χ1n) is 4.83. The monoisotopic (exact) mass is 242 g/mol. The van der Waals surface area contributed by atoms with Gasteiger partial charge in [0.1, 0.15) is 0 Å². The smallest absolute Gasteiger partial charge is 0.416 e.